The van der Waals surface area contributed by atoms with Crippen LogP contribution < -0.4 is 17.1 Å². The number of rotatable bonds is 7. The Hall–Kier alpha value is -2.35. The number of nitrogens with one attached hydrogen (secondary N) is 1. The first-order valence-electron chi connectivity index (χ1n) is 12.0. The average molecular weight is 546 g/mol. The summed E-state index contributed by atoms with van der Waals surface area (Å²) in [5, 5.41) is 4.38. The van der Waals surface area contributed by atoms with Gasteiger partial charge in [0.1, 0.15) is 5.82 Å². The van der Waals surface area contributed by atoms with E-state index in [1.54, 1.807) is 11.8 Å². The van der Waals surface area contributed by atoms with Gasteiger partial charge in [-0.2, -0.15) is 18.3 Å². The number of nitrogens with zero attached hydrogens (tertiary/aromatic N) is 4. The Kier molecular flexibility index (Phi) is 9.48. The van der Waals surface area contributed by atoms with Crippen LogP contribution in [0, 0.1) is 18.7 Å². The second-order valence-electron chi connectivity index (χ2n) is 9.85. The second-order valence-corrected chi connectivity index (χ2v) is 11.0. The summed E-state index contributed by atoms with van der Waals surface area (Å²) in [5.74, 6) is 9.69. The summed E-state index contributed by atoms with van der Waals surface area (Å²) >= 11 is 1.73. The van der Waals surface area contributed by atoms with Gasteiger partial charge in [-0.25, -0.2) is 9.37 Å². The predicted octanol–water partition coefficient (Wildman–Crippen LogP) is 3.86. The van der Waals surface area contributed by atoms with Gasteiger partial charge < -0.3 is 14.2 Å². The molecule has 5 N–H and O–H groups in total. The largest absolute Gasteiger partial charge is 0.440 e. The van der Waals surface area contributed by atoms with E-state index in [1.165, 1.54) is 12.5 Å². The highest BCUT2D eigenvalue weighted by atomic mass is 32.2. The van der Waals surface area contributed by atoms with Crippen molar-refractivity contribution in [2.45, 2.75) is 50.7 Å². The Morgan fingerprint density at radius 2 is 2.00 bits per heavy atom. The Labute approximate surface area is 218 Å². The number of aromatic nitrogens is 1. The molecular formula is C24H35F4N7OS. The second kappa shape index (κ2) is 12.0. The third kappa shape index (κ3) is 6.95. The van der Waals surface area contributed by atoms with Crippen molar-refractivity contribution in [3.05, 3.63) is 53.0 Å². The van der Waals surface area contributed by atoms with Crippen molar-refractivity contribution in [3.63, 3.8) is 0 Å². The van der Waals surface area contributed by atoms with Crippen LogP contribution in [0.15, 0.2) is 34.1 Å². The van der Waals surface area contributed by atoms with Gasteiger partial charge in [0.2, 0.25) is 0 Å². The van der Waals surface area contributed by atoms with Gasteiger partial charge in [-0.05, 0) is 61.7 Å². The van der Waals surface area contributed by atoms with Crippen LogP contribution in [-0.2, 0) is 11.6 Å². The zero-order valence-corrected chi connectivity index (χ0v) is 22.3. The molecule has 206 valence electrons. The number of hydrogen-bond donors (Lipinski definition) is 3. The summed E-state index contributed by atoms with van der Waals surface area (Å²) in [6.45, 7) is 8.21. The summed E-state index contributed by atoms with van der Waals surface area (Å²) < 4.78 is 59.4. The highest BCUT2D eigenvalue weighted by molar-refractivity contribution is 7.99. The van der Waals surface area contributed by atoms with Gasteiger partial charge in [-0.3, -0.25) is 17.1 Å². The quantitative estimate of drug-likeness (QED) is 0.208. The van der Waals surface area contributed by atoms with Crippen molar-refractivity contribution in [1.29, 1.82) is 0 Å². The molecule has 4 rings (SSSR count). The third-order valence-corrected chi connectivity index (χ3v) is 7.93. The fourth-order valence-corrected chi connectivity index (χ4v) is 6.10. The standard InChI is InChI=1S/C24H31F4N5OS.H4N2/c1-15-11-23(3,17-8-18(24(26,27)28)10-19(25)9-17)13-33(12-15)6-5-7-35-22-31-30-21(32(22)4)20-16(2)29-14-34-20;1-2/h8-10,14-15,22,31H,5-7,11-13H2,1-4H3;1-2H2/t15-,22?,23-;/m1./s1. The maximum Gasteiger partial charge on any atom is 0.416 e. The average Bonchev–Trinajstić information content (AvgIpc) is 3.41. The van der Waals surface area contributed by atoms with Crippen molar-refractivity contribution in [3.8, 4) is 0 Å². The van der Waals surface area contributed by atoms with Crippen molar-refractivity contribution in [2.24, 2.45) is 22.7 Å². The van der Waals surface area contributed by atoms with Crippen LogP contribution in [0.25, 0.3) is 0 Å². The smallest absolute Gasteiger partial charge is 0.416 e. The zero-order valence-electron chi connectivity index (χ0n) is 21.5. The van der Waals surface area contributed by atoms with Gasteiger partial charge in [0.15, 0.2) is 23.5 Å². The number of hydrogen-bond acceptors (Lipinski definition) is 9. The molecule has 0 radical (unpaired) electrons. The monoisotopic (exact) mass is 545 g/mol. The van der Waals surface area contributed by atoms with E-state index < -0.39 is 23.0 Å². The molecule has 13 heteroatoms. The molecule has 2 aliphatic heterocycles. The van der Waals surface area contributed by atoms with Crippen molar-refractivity contribution in [1.82, 2.24) is 20.2 Å². The molecule has 0 spiro atoms. The Bertz CT molecular complexity index is 1080. The number of nitrogens with two attached hydrogens (primary N) is 2. The van der Waals surface area contributed by atoms with Crippen molar-refractivity contribution < 1.29 is 22.0 Å². The molecule has 37 heavy (non-hydrogen) atoms. The number of thioether (sulfide) groups is 1. The minimum absolute atomic E-state index is 0.0203. The predicted molar refractivity (Wildman–Crippen MR) is 137 cm³/mol. The highest BCUT2D eigenvalue weighted by Gasteiger charge is 2.39. The first kappa shape index (κ1) is 29.2. The molecule has 0 saturated carbocycles. The number of alkyl halides is 3. The van der Waals surface area contributed by atoms with Crippen LogP contribution in [0.3, 0.4) is 0 Å². The highest BCUT2D eigenvalue weighted by Crippen LogP contribution is 2.39. The molecule has 8 nitrogen and oxygen atoms in total. The fraction of sp³-hybridized carbons (Fsp3) is 0.583. The zero-order chi connectivity index (χ0) is 27.4. The first-order valence-corrected chi connectivity index (χ1v) is 13.0. The molecule has 0 bridgehead atoms. The van der Waals surface area contributed by atoms with Crippen molar-refractivity contribution in [2.75, 3.05) is 32.4 Å². The Balaban J connectivity index is 0.00000186. The number of hydrazone groups is 1. The summed E-state index contributed by atoms with van der Waals surface area (Å²) in [6, 6.07) is 2.95. The normalized spacial score (nSPS) is 24.4. The van der Waals surface area contributed by atoms with E-state index in [9.17, 15) is 17.6 Å². The fourth-order valence-electron chi connectivity index (χ4n) is 5.13. The molecule has 1 unspecified atom stereocenters. The molecule has 1 fully saturated rings. The third-order valence-electron chi connectivity index (χ3n) is 6.67. The number of oxazole rings is 1. The van der Waals surface area contributed by atoms with Crippen LogP contribution >= 0.6 is 11.8 Å². The number of benzene rings is 1. The number of piperidine rings is 1. The number of likely N-dealkylation sites (tertiary alicyclic amines) is 1. The molecule has 0 aliphatic carbocycles. The number of aryl methyl sites for hydroxylation is 1. The summed E-state index contributed by atoms with van der Waals surface area (Å²) in [5.41, 5.74) is 2.83. The molecular weight excluding hydrogens is 510 g/mol. The van der Waals surface area contributed by atoms with Gasteiger partial charge in [-0.15, -0.1) is 11.8 Å². The van der Waals surface area contributed by atoms with E-state index in [2.05, 4.69) is 39.0 Å². The number of hydrazine groups is 1. The lowest BCUT2D eigenvalue weighted by Crippen LogP contribution is -2.48. The maximum atomic E-state index is 14.1. The summed E-state index contributed by atoms with van der Waals surface area (Å²) in [4.78, 5) is 8.42. The molecule has 3 heterocycles. The van der Waals surface area contributed by atoms with E-state index in [0.29, 0.717) is 35.7 Å². The van der Waals surface area contributed by atoms with E-state index in [0.717, 1.165) is 43.4 Å². The number of amidine groups is 1. The molecule has 2 aromatic rings. The van der Waals surface area contributed by atoms with Crippen LogP contribution in [0.4, 0.5) is 17.6 Å². The lowest BCUT2D eigenvalue weighted by molar-refractivity contribution is -0.137. The van der Waals surface area contributed by atoms with Crippen LogP contribution in [0.1, 0.15) is 49.3 Å². The van der Waals surface area contributed by atoms with Gasteiger partial charge in [0, 0.05) is 25.6 Å². The molecule has 0 amide bonds. The maximum absolute atomic E-state index is 14.1. The Morgan fingerprint density at radius 3 is 2.65 bits per heavy atom. The molecule has 3 atom stereocenters. The molecule has 2 aliphatic rings. The van der Waals surface area contributed by atoms with E-state index in [1.807, 2.05) is 25.8 Å². The lowest BCUT2D eigenvalue weighted by Gasteiger charge is -2.44. The summed E-state index contributed by atoms with van der Waals surface area (Å²) in [6.07, 6.45) is -1.53. The topological polar surface area (TPSA) is 109 Å². The number of halogens is 4. The minimum atomic E-state index is -4.57. The SMILES string of the molecule is Cc1ncoc1C1=NNC(SCCCN2C[C@H](C)C[C@@](C)(c3cc(F)cc(C(F)(F)F)c3)C2)N1C.NN. The molecule has 1 aromatic carbocycles. The van der Waals surface area contributed by atoms with E-state index >= 15 is 0 Å². The van der Waals surface area contributed by atoms with E-state index in [-0.39, 0.29) is 5.50 Å². The van der Waals surface area contributed by atoms with Crippen LogP contribution in [-0.4, -0.2) is 58.6 Å². The van der Waals surface area contributed by atoms with Crippen LogP contribution in [0.2, 0.25) is 0 Å². The summed E-state index contributed by atoms with van der Waals surface area (Å²) in [7, 11) is 1.95. The molecule has 1 aromatic heterocycles. The van der Waals surface area contributed by atoms with Gasteiger partial charge in [0.25, 0.3) is 0 Å². The van der Waals surface area contributed by atoms with Gasteiger partial charge >= 0.3 is 6.18 Å². The lowest BCUT2D eigenvalue weighted by atomic mass is 9.72. The first-order chi connectivity index (χ1) is 17.5. The van der Waals surface area contributed by atoms with Gasteiger partial charge in [0.05, 0.1) is 11.3 Å². The van der Waals surface area contributed by atoms with E-state index in [4.69, 9.17) is 4.42 Å². The minimum Gasteiger partial charge on any atom is -0.440 e. The Morgan fingerprint density at radius 1 is 1.27 bits per heavy atom. The molecule has 1 saturated heterocycles. The van der Waals surface area contributed by atoms with Crippen LogP contribution in [0.5, 0.6) is 0 Å². The van der Waals surface area contributed by atoms with Gasteiger partial charge in [-0.1, -0.05) is 13.8 Å². The van der Waals surface area contributed by atoms with Crippen molar-refractivity contribution >= 4 is 17.6 Å².